The van der Waals surface area contributed by atoms with Gasteiger partial charge in [-0.1, -0.05) is 33.1 Å². The van der Waals surface area contributed by atoms with E-state index in [9.17, 15) is 0 Å². The minimum atomic E-state index is -0.379. The highest BCUT2D eigenvalue weighted by molar-refractivity contribution is 4.96. The van der Waals surface area contributed by atoms with Crippen molar-refractivity contribution in [1.29, 1.82) is 0 Å². The topological polar surface area (TPSA) is 52.0 Å². The van der Waals surface area contributed by atoms with Crippen LogP contribution in [0.1, 0.15) is 84.5 Å². The Morgan fingerprint density at radius 2 is 1.32 bits per heavy atom. The highest BCUT2D eigenvalue weighted by Crippen LogP contribution is 2.53. The summed E-state index contributed by atoms with van der Waals surface area (Å²) in [5.74, 6) is 1.83. The first-order valence-corrected chi connectivity index (χ1v) is 8.62. The molecule has 2 aliphatic rings. The molecule has 0 aliphatic heterocycles. The largest absolute Gasteiger partial charge is 0.313 e. The Hall–Kier alpha value is -0.0800. The average molecular weight is 266 g/mol. The molecule has 2 aliphatic carbocycles. The third-order valence-electron chi connectivity index (χ3n) is 6.46. The monoisotopic (exact) mass is 266 g/mol. The maximum Gasteiger partial charge on any atom is 0.0636 e. The van der Waals surface area contributed by atoms with Crippen molar-refractivity contribution < 1.29 is 0 Å². The summed E-state index contributed by atoms with van der Waals surface area (Å²) in [7, 11) is 0. The van der Waals surface area contributed by atoms with Crippen LogP contribution in [0.25, 0.3) is 0 Å². The van der Waals surface area contributed by atoms with E-state index >= 15 is 0 Å². The highest BCUT2D eigenvalue weighted by atomic mass is 15.0. The van der Waals surface area contributed by atoms with Crippen molar-refractivity contribution in [3.8, 4) is 0 Å². The maximum atomic E-state index is 6.12. The van der Waals surface area contributed by atoms with Gasteiger partial charge in [0.2, 0.25) is 0 Å². The van der Waals surface area contributed by atoms with Crippen molar-refractivity contribution in [2.24, 2.45) is 28.7 Å². The number of hydrogen-bond donors (Lipinski definition) is 2. The molecule has 0 saturated heterocycles. The van der Waals surface area contributed by atoms with Crippen LogP contribution in [-0.2, 0) is 0 Å². The van der Waals surface area contributed by atoms with Crippen LogP contribution < -0.4 is 11.5 Å². The third-order valence-corrected chi connectivity index (χ3v) is 6.46. The Balaban J connectivity index is 2.10. The molecule has 0 amide bonds. The zero-order valence-electron chi connectivity index (χ0n) is 13.1. The number of rotatable bonds is 4. The molecule has 2 heteroatoms. The molecule has 2 rings (SSSR count). The van der Waals surface area contributed by atoms with Crippen LogP contribution in [0.4, 0.5) is 0 Å². The fraction of sp³-hybridized carbons (Fsp3) is 1.00. The second-order valence-corrected chi connectivity index (χ2v) is 7.28. The molecule has 2 nitrogen and oxygen atoms in total. The summed E-state index contributed by atoms with van der Waals surface area (Å²) in [6.45, 7) is 4.84. The number of nitrogens with two attached hydrogens (primary N) is 2. The Kier molecular flexibility index (Phi) is 4.94. The molecule has 2 fully saturated rings. The molecule has 0 aromatic rings. The van der Waals surface area contributed by atoms with E-state index in [4.69, 9.17) is 11.5 Å². The van der Waals surface area contributed by atoms with Crippen LogP contribution in [0.5, 0.6) is 0 Å². The summed E-state index contributed by atoms with van der Waals surface area (Å²) in [5.41, 5.74) is 12.4. The minimum absolute atomic E-state index is 0.379. The molecular weight excluding hydrogens is 232 g/mol. The van der Waals surface area contributed by atoms with Gasteiger partial charge in [-0.25, -0.2) is 0 Å². The van der Waals surface area contributed by atoms with Crippen molar-refractivity contribution in [3.63, 3.8) is 0 Å². The smallest absolute Gasteiger partial charge is 0.0636 e. The SMILES string of the molecule is CCC(CC)(C1CCCCC1)C1CCC(N)(N)CC1. The van der Waals surface area contributed by atoms with E-state index in [0.29, 0.717) is 5.41 Å². The van der Waals surface area contributed by atoms with E-state index in [-0.39, 0.29) is 5.66 Å². The quantitative estimate of drug-likeness (QED) is 0.750. The normalized spacial score (nSPS) is 26.5. The molecule has 0 atom stereocenters. The Morgan fingerprint density at radius 1 is 0.842 bits per heavy atom. The molecule has 0 spiro atoms. The molecule has 0 radical (unpaired) electrons. The molecule has 112 valence electrons. The minimum Gasteiger partial charge on any atom is -0.313 e. The second kappa shape index (κ2) is 6.13. The summed E-state index contributed by atoms with van der Waals surface area (Å²) in [5, 5.41) is 0. The van der Waals surface area contributed by atoms with Gasteiger partial charge in [0.1, 0.15) is 0 Å². The average Bonchev–Trinajstić information content (AvgIpc) is 2.43. The van der Waals surface area contributed by atoms with Gasteiger partial charge in [-0.2, -0.15) is 0 Å². The van der Waals surface area contributed by atoms with Crippen LogP contribution in [0.2, 0.25) is 0 Å². The maximum absolute atomic E-state index is 6.12. The van der Waals surface area contributed by atoms with Crippen LogP contribution in [-0.4, -0.2) is 5.66 Å². The molecule has 2 saturated carbocycles. The molecule has 0 bridgehead atoms. The Morgan fingerprint density at radius 3 is 1.79 bits per heavy atom. The van der Waals surface area contributed by atoms with Crippen LogP contribution in [0.3, 0.4) is 0 Å². The second-order valence-electron chi connectivity index (χ2n) is 7.28. The van der Waals surface area contributed by atoms with E-state index in [0.717, 1.165) is 24.7 Å². The molecular formula is C17H34N2. The zero-order chi connectivity index (χ0) is 13.9. The fourth-order valence-electron chi connectivity index (χ4n) is 5.15. The van der Waals surface area contributed by atoms with Gasteiger partial charge < -0.3 is 11.5 Å². The first-order valence-electron chi connectivity index (χ1n) is 8.62. The van der Waals surface area contributed by atoms with Crippen molar-refractivity contribution >= 4 is 0 Å². The molecule has 0 heterocycles. The lowest BCUT2D eigenvalue weighted by Crippen LogP contribution is -2.53. The van der Waals surface area contributed by atoms with E-state index in [1.807, 2.05) is 0 Å². The van der Waals surface area contributed by atoms with E-state index < -0.39 is 0 Å². The third kappa shape index (κ3) is 3.16. The first kappa shape index (κ1) is 15.3. The van der Waals surface area contributed by atoms with Gasteiger partial charge in [-0.3, -0.25) is 0 Å². The van der Waals surface area contributed by atoms with Crippen molar-refractivity contribution in [1.82, 2.24) is 0 Å². The van der Waals surface area contributed by atoms with Crippen molar-refractivity contribution in [3.05, 3.63) is 0 Å². The number of hydrogen-bond acceptors (Lipinski definition) is 2. The van der Waals surface area contributed by atoms with E-state index in [2.05, 4.69) is 13.8 Å². The van der Waals surface area contributed by atoms with Crippen LogP contribution in [0.15, 0.2) is 0 Å². The molecule has 19 heavy (non-hydrogen) atoms. The van der Waals surface area contributed by atoms with Gasteiger partial charge in [0.05, 0.1) is 5.66 Å². The van der Waals surface area contributed by atoms with Crippen LogP contribution >= 0.6 is 0 Å². The molecule has 4 N–H and O–H groups in total. The lowest BCUT2D eigenvalue weighted by molar-refractivity contribution is 0.00296. The highest BCUT2D eigenvalue weighted by Gasteiger charge is 2.44. The lowest BCUT2D eigenvalue weighted by atomic mass is 9.56. The van der Waals surface area contributed by atoms with Gasteiger partial charge in [0, 0.05) is 0 Å². The Bertz CT molecular complexity index is 265. The summed E-state index contributed by atoms with van der Waals surface area (Å²) in [6.07, 6.45) is 14.5. The van der Waals surface area contributed by atoms with Gasteiger partial charge in [0.25, 0.3) is 0 Å². The zero-order valence-corrected chi connectivity index (χ0v) is 13.1. The van der Waals surface area contributed by atoms with Gasteiger partial charge in [-0.15, -0.1) is 0 Å². The molecule has 0 aromatic heterocycles. The summed E-state index contributed by atoms with van der Waals surface area (Å²) < 4.78 is 0. The van der Waals surface area contributed by atoms with Crippen molar-refractivity contribution in [2.45, 2.75) is 90.1 Å². The fourth-order valence-corrected chi connectivity index (χ4v) is 5.15. The van der Waals surface area contributed by atoms with E-state index in [1.54, 1.807) is 0 Å². The van der Waals surface area contributed by atoms with E-state index in [1.165, 1.54) is 57.8 Å². The standard InChI is InChI=1S/C17H34N2/c1-3-16(4-2,14-8-6-5-7-9-14)15-10-12-17(18,19)13-11-15/h14-15H,3-13,18-19H2,1-2H3. The first-order chi connectivity index (χ1) is 9.04. The lowest BCUT2D eigenvalue weighted by Gasteiger charge is -2.50. The van der Waals surface area contributed by atoms with Crippen molar-refractivity contribution in [2.75, 3.05) is 0 Å². The van der Waals surface area contributed by atoms with Gasteiger partial charge in [-0.05, 0) is 68.6 Å². The summed E-state index contributed by atoms with van der Waals surface area (Å²) in [4.78, 5) is 0. The van der Waals surface area contributed by atoms with Gasteiger partial charge in [0.15, 0.2) is 0 Å². The summed E-state index contributed by atoms with van der Waals surface area (Å²) in [6, 6.07) is 0. The predicted molar refractivity (Wildman–Crippen MR) is 82.7 cm³/mol. The molecule has 0 unspecified atom stereocenters. The van der Waals surface area contributed by atoms with Crippen LogP contribution in [0, 0.1) is 17.3 Å². The Labute approximate surface area is 119 Å². The summed E-state index contributed by atoms with van der Waals surface area (Å²) >= 11 is 0. The molecule has 0 aromatic carbocycles. The predicted octanol–water partition coefficient (Wildman–Crippen LogP) is 4.18. The van der Waals surface area contributed by atoms with Gasteiger partial charge >= 0.3 is 0 Å².